The van der Waals surface area contributed by atoms with E-state index in [1.165, 1.54) is 37.4 Å². The molecule has 188 valence electrons. The van der Waals surface area contributed by atoms with Gasteiger partial charge in [-0.05, 0) is 55.2 Å². The van der Waals surface area contributed by atoms with E-state index in [4.69, 9.17) is 5.73 Å². The monoisotopic (exact) mass is 515 g/mol. The lowest BCUT2D eigenvalue weighted by atomic mass is 10.0. The number of nitrogen functional groups attached to an aromatic ring is 1. The zero-order valence-electron chi connectivity index (χ0n) is 19.4. The Morgan fingerprint density at radius 3 is 2.61 bits per heavy atom. The zero-order valence-corrected chi connectivity index (χ0v) is 20.2. The number of para-hydroxylation sites is 1. The number of nitrogens with one attached hydrogen (secondary N) is 1. The van der Waals surface area contributed by atoms with Crippen molar-refractivity contribution < 1.29 is 22.1 Å². The van der Waals surface area contributed by atoms with Gasteiger partial charge in [-0.2, -0.15) is 0 Å². The Morgan fingerprint density at radius 2 is 1.89 bits per heavy atom. The van der Waals surface area contributed by atoms with E-state index >= 15 is 0 Å². The summed E-state index contributed by atoms with van der Waals surface area (Å²) in [6, 6.07) is 11.2. The van der Waals surface area contributed by atoms with Gasteiger partial charge in [-0.1, -0.05) is 31.0 Å². The van der Waals surface area contributed by atoms with E-state index in [1.807, 2.05) is 19.1 Å². The van der Waals surface area contributed by atoms with Crippen molar-refractivity contribution in [3.63, 3.8) is 0 Å². The van der Waals surface area contributed by atoms with Crippen LogP contribution in [0.3, 0.4) is 0 Å². The maximum absolute atomic E-state index is 12.9. The van der Waals surface area contributed by atoms with Crippen molar-refractivity contribution in [3.05, 3.63) is 60.6 Å². The first-order chi connectivity index (χ1) is 17.2. The van der Waals surface area contributed by atoms with Crippen LogP contribution in [0.25, 0.3) is 22.2 Å². The average Bonchev–Trinajstić information content (AvgIpc) is 3.48. The van der Waals surface area contributed by atoms with Crippen molar-refractivity contribution in [3.8, 4) is 16.9 Å². The maximum Gasteiger partial charge on any atom is 0.573 e. The number of aryl methyl sites for hydroxylation is 1. The van der Waals surface area contributed by atoms with Gasteiger partial charge in [0.1, 0.15) is 28.4 Å². The van der Waals surface area contributed by atoms with Gasteiger partial charge in [0, 0.05) is 23.5 Å². The van der Waals surface area contributed by atoms with E-state index in [0.29, 0.717) is 17.5 Å². The number of anilines is 2. The van der Waals surface area contributed by atoms with Gasteiger partial charge in [0.05, 0.1) is 5.39 Å². The predicted molar refractivity (Wildman–Crippen MR) is 133 cm³/mol. The number of hydrogen-bond acceptors (Lipinski definition) is 5. The molecule has 1 saturated carbocycles. The molecule has 36 heavy (non-hydrogen) atoms. The summed E-state index contributed by atoms with van der Waals surface area (Å²) in [5.74, 6) is -0.116. The number of ether oxygens (including phenoxy) is 1. The lowest BCUT2D eigenvalue weighted by Gasteiger charge is -2.15. The Hall–Kier alpha value is -3.60. The van der Waals surface area contributed by atoms with E-state index < -0.39 is 23.1 Å². The molecule has 4 aromatic rings. The summed E-state index contributed by atoms with van der Waals surface area (Å²) in [5, 5.41) is 0.784. The standard InChI is InChI=1S/C25H24F3N5O2S/c1-15-12-16(18-13-33(17-6-2-3-7-17)24-22(18)23(29)30-14-31-24)10-11-19(15)32-36(34)21-9-5-4-8-20(21)35-25(26,27)28/h4-5,8-14,17,32H,2-3,6-7H2,1H3,(H2,29,30,31). The molecule has 11 heteroatoms. The normalized spacial score (nSPS) is 15.3. The number of fused-ring (bicyclic) bond motifs is 1. The number of halogens is 3. The van der Waals surface area contributed by atoms with Crippen molar-refractivity contribution in [1.29, 1.82) is 0 Å². The zero-order chi connectivity index (χ0) is 25.4. The summed E-state index contributed by atoms with van der Waals surface area (Å²) >= 11 is 0. The third kappa shape index (κ3) is 4.75. The summed E-state index contributed by atoms with van der Waals surface area (Å²) in [4.78, 5) is 8.59. The molecule has 7 nitrogen and oxygen atoms in total. The highest BCUT2D eigenvalue weighted by Gasteiger charge is 2.33. The Kier molecular flexibility index (Phi) is 6.33. The summed E-state index contributed by atoms with van der Waals surface area (Å²) in [7, 11) is -1.98. The number of rotatable bonds is 6. The smallest absolute Gasteiger partial charge is 0.404 e. The van der Waals surface area contributed by atoms with Gasteiger partial charge in [0.15, 0.2) is 11.0 Å². The molecule has 0 bridgehead atoms. The molecule has 1 atom stereocenters. The molecule has 1 aliphatic carbocycles. The number of nitrogens with zero attached hydrogens (tertiary/aromatic N) is 3. The molecule has 1 fully saturated rings. The third-order valence-electron chi connectivity index (χ3n) is 6.37. The van der Waals surface area contributed by atoms with Gasteiger partial charge in [-0.25, -0.2) is 14.2 Å². The summed E-state index contributed by atoms with van der Waals surface area (Å²) in [6.45, 7) is 1.83. The van der Waals surface area contributed by atoms with Crippen LogP contribution in [0.5, 0.6) is 5.75 Å². The molecule has 5 rings (SSSR count). The van der Waals surface area contributed by atoms with Crippen molar-refractivity contribution in [1.82, 2.24) is 14.5 Å². The Bertz CT molecular complexity index is 1450. The molecule has 3 N–H and O–H groups in total. The Labute approximate surface area is 208 Å². The molecule has 2 heterocycles. The summed E-state index contributed by atoms with van der Waals surface area (Å²) in [6.07, 6.45) is 3.17. The van der Waals surface area contributed by atoms with E-state index in [0.717, 1.165) is 46.6 Å². The van der Waals surface area contributed by atoms with Crippen LogP contribution in [-0.2, 0) is 11.0 Å². The third-order valence-corrected chi connectivity index (χ3v) is 7.51. The molecular formula is C25H24F3N5O2S. The quantitative estimate of drug-likeness (QED) is 0.322. The van der Waals surface area contributed by atoms with Gasteiger partial charge in [0.25, 0.3) is 0 Å². The van der Waals surface area contributed by atoms with Gasteiger partial charge in [-0.15, -0.1) is 13.2 Å². The van der Waals surface area contributed by atoms with Gasteiger partial charge >= 0.3 is 6.36 Å². The molecule has 1 aliphatic rings. The average molecular weight is 516 g/mol. The van der Waals surface area contributed by atoms with E-state index in [1.54, 1.807) is 6.07 Å². The number of aromatic nitrogens is 3. The van der Waals surface area contributed by atoms with Crippen LogP contribution in [0.15, 0.2) is 59.9 Å². The second kappa shape index (κ2) is 9.45. The van der Waals surface area contributed by atoms with E-state index in [-0.39, 0.29) is 4.90 Å². The van der Waals surface area contributed by atoms with Crippen molar-refractivity contribution in [2.75, 3.05) is 10.5 Å². The van der Waals surface area contributed by atoms with Crippen LogP contribution in [0.4, 0.5) is 24.7 Å². The number of benzene rings is 2. The topological polar surface area (TPSA) is 95.1 Å². The van der Waals surface area contributed by atoms with Crippen LogP contribution in [-0.4, -0.2) is 25.1 Å². The van der Waals surface area contributed by atoms with Crippen molar-refractivity contribution >= 4 is 33.5 Å². The molecule has 1 unspecified atom stereocenters. The van der Waals surface area contributed by atoms with Crippen LogP contribution in [0, 0.1) is 6.92 Å². The fourth-order valence-corrected chi connectivity index (χ4v) is 5.73. The minimum absolute atomic E-state index is 0.108. The second-order valence-corrected chi connectivity index (χ2v) is 9.92. The first-order valence-electron chi connectivity index (χ1n) is 11.5. The van der Waals surface area contributed by atoms with Crippen LogP contribution in [0.1, 0.15) is 37.3 Å². The number of nitrogens with two attached hydrogens (primary N) is 1. The molecule has 0 radical (unpaired) electrons. The Morgan fingerprint density at radius 1 is 1.14 bits per heavy atom. The maximum atomic E-state index is 12.9. The molecule has 0 spiro atoms. The van der Waals surface area contributed by atoms with Gasteiger partial charge < -0.3 is 19.8 Å². The molecule has 0 amide bonds. The predicted octanol–water partition coefficient (Wildman–Crippen LogP) is 6.14. The fourth-order valence-electron chi connectivity index (χ4n) is 4.70. The molecular weight excluding hydrogens is 491 g/mol. The lowest BCUT2D eigenvalue weighted by Crippen LogP contribution is -2.19. The molecule has 0 aliphatic heterocycles. The number of alkyl halides is 3. The van der Waals surface area contributed by atoms with Gasteiger partial charge in [0.2, 0.25) is 0 Å². The summed E-state index contributed by atoms with van der Waals surface area (Å²) in [5.41, 5.74) is 10.1. The highest BCUT2D eigenvalue weighted by molar-refractivity contribution is 7.86. The highest BCUT2D eigenvalue weighted by atomic mass is 32.2. The van der Waals surface area contributed by atoms with Crippen LogP contribution >= 0.6 is 0 Å². The van der Waals surface area contributed by atoms with E-state index in [9.17, 15) is 17.4 Å². The SMILES string of the molecule is Cc1cc(-c2cn(C3CCCC3)c3ncnc(N)c23)ccc1NS(=O)c1ccccc1OC(F)(F)F. The van der Waals surface area contributed by atoms with Crippen LogP contribution in [0.2, 0.25) is 0 Å². The second-order valence-electron chi connectivity index (χ2n) is 8.74. The first kappa shape index (κ1) is 24.1. The molecule has 0 saturated heterocycles. The summed E-state index contributed by atoms with van der Waals surface area (Å²) < 4.78 is 60.2. The minimum atomic E-state index is -4.89. The lowest BCUT2D eigenvalue weighted by molar-refractivity contribution is -0.275. The first-order valence-corrected chi connectivity index (χ1v) is 12.6. The molecule has 2 aromatic carbocycles. The van der Waals surface area contributed by atoms with Crippen LogP contribution < -0.4 is 15.2 Å². The Balaban J connectivity index is 1.47. The van der Waals surface area contributed by atoms with Crippen molar-refractivity contribution in [2.45, 2.75) is 49.9 Å². The fraction of sp³-hybridized carbons (Fsp3) is 0.280. The largest absolute Gasteiger partial charge is 0.573 e. The highest BCUT2D eigenvalue weighted by Crippen LogP contribution is 2.39. The van der Waals surface area contributed by atoms with Crippen molar-refractivity contribution in [2.24, 2.45) is 0 Å². The van der Waals surface area contributed by atoms with E-state index in [2.05, 4.69) is 30.2 Å². The minimum Gasteiger partial charge on any atom is -0.404 e. The van der Waals surface area contributed by atoms with Gasteiger partial charge in [-0.3, -0.25) is 0 Å². The number of hydrogen-bond donors (Lipinski definition) is 2. The molecule has 2 aromatic heterocycles.